The number of fused-ring (bicyclic) bond motifs is 1. The van der Waals surface area contributed by atoms with Gasteiger partial charge in [0.25, 0.3) is 5.91 Å². The Morgan fingerprint density at radius 1 is 1.04 bits per heavy atom. The first-order valence-corrected chi connectivity index (χ1v) is 8.67. The van der Waals surface area contributed by atoms with Crippen molar-refractivity contribution in [1.29, 1.82) is 0 Å². The summed E-state index contributed by atoms with van der Waals surface area (Å²) in [6.07, 6.45) is 1.75. The minimum absolute atomic E-state index is 0.0791. The third-order valence-electron chi connectivity index (χ3n) is 5.19. The molecule has 1 saturated heterocycles. The molecule has 4 rings (SSSR count). The third-order valence-corrected chi connectivity index (χ3v) is 5.19. The van der Waals surface area contributed by atoms with E-state index in [0.29, 0.717) is 5.56 Å². The van der Waals surface area contributed by atoms with Gasteiger partial charge in [0, 0.05) is 37.3 Å². The Balaban J connectivity index is 1.51. The average Bonchev–Trinajstić information content (AvgIpc) is 3.12. The maximum Gasteiger partial charge on any atom is 0.256 e. The molecule has 1 aliphatic rings. The van der Waals surface area contributed by atoms with Crippen molar-refractivity contribution >= 4 is 22.5 Å². The van der Waals surface area contributed by atoms with E-state index in [1.54, 1.807) is 6.20 Å². The maximum atomic E-state index is 12.9. The number of anilines is 1. The van der Waals surface area contributed by atoms with Gasteiger partial charge in [0.05, 0.1) is 17.3 Å². The third kappa shape index (κ3) is 2.76. The van der Waals surface area contributed by atoms with Gasteiger partial charge in [-0.1, -0.05) is 24.3 Å². The summed E-state index contributed by atoms with van der Waals surface area (Å²) < 4.78 is 0. The van der Waals surface area contributed by atoms with Crippen molar-refractivity contribution in [3.8, 4) is 0 Å². The molecule has 1 aliphatic heterocycles. The first-order chi connectivity index (χ1) is 12.1. The summed E-state index contributed by atoms with van der Waals surface area (Å²) >= 11 is 0. The van der Waals surface area contributed by atoms with Crippen molar-refractivity contribution < 1.29 is 4.79 Å². The number of para-hydroxylation sites is 1. The molecule has 1 aromatic heterocycles. The Labute approximate surface area is 147 Å². The Hall–Kier alpha value is -2.82. The van der Waals surface area contributed by atoms with Gasteiger partial charge in [0.1, 0.15) is 0 Å². The summed E-state index contributed by atoms with van der Waals surface area (Å²) in [5.74, 6) is 0.0791. The molecule has 1 fully saturated rings. The van der Waals surface area contributed by atoms with E-state index < -0.39 is 0 Å². The fourth-order valence-corrected chi connectivity index (χ4v) is 3.55. The zero-order valence-electron chi connectivity index (χ0n) is 14.6. The van der Waals surface area contributed by atoms with Crippen molar-refractivity contribution in [2.45, 2.75) is 13.8 Å². The molecular weight excluding hydrogens is 312 g/mol. The molecule has 0 saturated carbocycles. The van der Waals surface area contributed by atoms with Crippen LogP contribution in [0.25, 0.3) is 10.9 Å². The first kappa shape index (κ1) is 15.7. The number of benzene rings is 2. The summed E-state index contributed by atoms with van der Waals surface area (Å²) in [5, 5.41) is 7.98. The second kappa shape index (κ2) is 6.24. The first-order valence-electron chi connectivity index (χ1n) is 8.67. The number of rotatable bonds is 2. The fraction of sp³-hybridized carbons (Fsp3) is 0.300. The number of carbonyl (C=O) groups is 1. The van der Waals surface area contributed by atoms with Gasteiger partial charge in [-0.05, 0) is 37.1 Å². The van der Waals surface area contributed by atoms with E-state index in [1.807, 2.05) is 23.1 Å². The van der Waals surface area contributed by atoms with Gasteiger partial charge in [-0.15, -0.1) is 0 Å². The molecule has 1 amide bonds. The lowest BCUT2D eigenvalue weighted by Gasteiger charge is -2.37. The number of H-pyrrole nitrogens is 1. The quantitative estimate of drug-likeness (QED) is 0.783. The largest absolute Gasteiger partial charge is 0.368 e. The van der Waals surface area contributed by atoms with E-state index >= 15 is 0 Å². The van der Waals surface area contributed by atoms with Crippen LogP contribution in [-0.2, 0) is 0 Å². The lowest BCUT2D eigenvalue weighted by molar-refractivity contribution is 0.0748. The number of aryl methyl sites for hydroxylation is 1. The number of aromatic nitrogens is 2. The van der Waals surface area contributed by atoms with Gasteiger partial charge >= 0.3 is 0 Å². The van der Waals surface area contributed by atoms with Crippen LogP contribution >= 0.6 is 0 Å². The van der Waals surface area contributed by atoms with Crippen LogP contribution in [0.2, 0.25) is 0 Å². The van der Waals surface area contributed by atoms with Crippen molar-refractivity contribution in [1.82, 2.24) is 15.1 Å². The van der Waals surface area contributed by atoms with Crippen LogP contribution in [0.3, 0.4) is 0 Å². The number of nitrogens with one attached hydrogen (secondary N) is 1. The molecule has 0 unspecified atom stereocenters. The van der Waals surface area contributed by atoms with Crippen LogP contribution in [0.5, 0.6) is 0 Å². The minimum atomic E-state index is 0.0791. The molecule has 2 heterocycles. The predicted octanol–water partition coefficient (Wildman–Crippen LogP) is 3.14. The number of carbonyl (C=O) groups excluding carboxylic acids is 1. The van der Waals surface area contributed by atoms with E-state index in [4.69, 9.17) is 0 Å². The summed E-state index contributed by atoms with van der Waals surface area (Å²) in [5.41, 5.74) is 5.44. The molecule has 0 spiro atoms. The molecule has 2 aromatic carbocycles. The van der Waals surface area contributed by atoms with Crippen LogP contribution < -0.4 is 4.90 Å². The minimum Gasteiger partial charge on any atom is -0.368 e. The lowest BCUT2D eigenvalue weighted by atomic mass is 10.1. The van der Waals surface area contributed by atoms with Crippen molar-refractivity contribution in [3.63, 3.8) is 0 Å². The van der Waals surface area contributed by atoms with Gasteiger partial charge in [-0.25, -0.2) is 0 Å². The van der Waals surface area contributed by atoms with E-state index in [-0.39, 0.29) is 5.91 Å². The van der Waals surface area contributed by atoms with Gasteiger partial charge in [0.15, 0.2) is 0 Å². The van der Waals surface area contributed by atoms with Gasteiger partial charge in [0.2, 0.25) is 0 Å². The van der Waals surface area contributed by atoms with Gasteiger partial charge in [-0.3, -0.25) is 9.89 Å². The number of aromatic amines is 1. The Bertz CT molecular complexity index is 922. The predicted molar refractivity (Wildman–Crippen MR) is 100 cm³/mol. The van der Waals surface area contributed by atoms with Crippen LogP contribution in [0.4, 0.5) is 5.69 Å². The zero-order chi connectivity index (χ0) is 17.4. The summed E-state index contributed by atoms with van der Waals surface area (Å²) in [6.45, 7) is 7.49. The standard InChI is InChI=1S/C20H22N4O/c1-14-5-3-8-18(15(14)2)23-9-11-24(12-10-23)20(25)17-7-4-6-16-13-21-22-19(16)17/h3-8,13H,9-12H2,1-2H3,(H,21,22). The van der Waals surface area contributed by atoms with E-state index in [1.165, 1.54) is 16.8 Å². The summed E-state index contributed by atoms with van der Waals surface area (Å²) in [4.78, 5) is 17.3. The van der Waals surface area contributed by atoms with Crippen LogP contribution in [0.1, 0.15) is 21.5 Å². The monoisotopic (exact) mass is 334 g/mol. The highest BCUT2D eigenvalue weighted by Gasteiger charge is 2.24. The molecule has 5 heteroatoms. The molecule has 128 valence electrons. The summed E-state index contributed by atoms with van der Waals surface area (Å²) in [6, 6.07) is 12.2. The molecule has 25 heavy (non-hydrogen) atoms. The number of hydrogen-bond donors (Lipinski definition) is 1. The second-order valence-corrected chi connectivity index (χ2v) is 6.64. The van der Waals surface area contributed by atoms with Crippen molar-refractivity contribution in [3.05, 3.63) is 59.3 Å². The zero-order valence-corrected chi connectivity index (χ0v) is 14.6. The number of piperazine rings is 1. The SMILES string of the molecule is Cc1cccc(N2CCN(C(=O)c3cccc4cn[nH]c34)CC2)c1C. The normalized spacial score (nSPS) is 15.0. The summed E-state index contributed by atoms with van der Waals surface area (Å²) in [7, 11) is 0. The van der Waals surface area contributed by atoms with Gasteiger partial charge in [-0.2, -0.15) is 5.10 Å². The van der Waals surface area contributed by atoms with Gasteiger partial charge < -0.3 is 9.80 Å². The van der Waals surface area contributed by atoms with Crippen molar-refractivity contribution in [2.75, 3.05) is 31.1 Å². The molecule has 0 aliphatic carbocycles. The highest BCUT2D eigenvalue weighted by Crippen LogP contribution is 2.25. The number of amides is 1. The average molecular weight is 334 g/mol. The van der Waals surface area contributed by atoms with Crippen LogP contribution in [0, 0.1) is 13.8 Å². The van der Waals surface area contributed by atoms with Crippen molar-refractivity contribution in [2.24, 2.45) is 0 Å². The molecule has 0 atom stereocenters. The second-order valence-electron chi connectivity index (χ2n) is 6.64. The fourth-order valence-electron chi connectivity index (χ4n) is 3.55. The molecule has 0 bridgehead atoms. The van der Waals surface area contributed by atoms with E-state index in [0.717, 1.165) is 37.1 Å². The molecule has 0 radical (unpaired) electrons. The Morgan fingerprint density at radius 2 is 1.80 bits per heavy atom. The molecule has 1 N–H and O–H groups in total. The number of hydrogen-bond acceptors (Lipinski definition) is 3. The topological polar surface area (TPSA) is 52.2 Å². The highest BCUT2D eigenvalue weighted by atomic mass is 16.2. The number of nitrogens with zero attached hydrogens (tertiary/aromatic N) is 3. The highest BCUT2D eigenvalue weighted by molar-refractivity contribution is 6.05. The van der Waals surface area contributed by atoms with Crippen LogP contribution in [0.15, 0.2) is 42.6 Å². The van der Waals surface area contributed by atoms with E-state index in [2.05, 4.69) is 47.1 Å². The Kier molecular flexibility index (Phi) is 3.92. The Morgan fingerprint density at radius 3 is 2.60 bits per heavy atom. The molecule has 5 nitrogen and oxygen atoms in total. The van der Waals surface area contributed by atoms with E-state index in [9.17, 15) is 4.79 Å². The molecular formula is C20H22N4O. The lowest BCUT2D eigenvalue weighted by Crippen LogP contribution is -2.49. The molecule has 3 aromatic rings. The maximum absolute atomic E-state index is 12.9. The van der Waals surface area contributed by atoms with Crippen LogP contribution in [-0.4, -0.2) is 47.2 Å². The smallest absolute Gasteiger partial charge is 0.256 e.